The Labute approximate surface area is 131 Å². The van der Waals surface area contributed by atoms with Gasteiger partial charge in [-0.25, -0.2) is 4.98 Å². The van der Waals surface area contributed by atoms with Crippen LogP contribution in [0.15, 0.2) is 28.4 Å². The number of hydrogen-bond acceptors (Lipinski definition) is 5. The molecule has 0 saturated carbocycles. The number of rotatable bonds is 4. The van der Waals surface area contributed by atoms with Crippen LogP contribution in [-0.2, 0) is 18.3 Å². The molecule has 1 fully saturated rings. The van der Waals surface area contributed by atoms with Gasteiger partial charge in [0.2, 0.25) is 5.91 Å². The third-order valence-corrected chi connectivity index (χ3v) is 4.69. The monoisotopic (exact) mass is 319 g/mol. The fourth-order valence-electron chi connectivity index (χ4n) is 2.42. The summed E-state index contributed by atoms with van der Waals surface area (Å²) in [4.78, 5) is 32.9. The van der Waals surface area contributed by atoms with Crippen molar-refractivity contribution in [2.24, 2.45) is 7.05 Å². The van der Waals surface area contributed by atoms with E-state index in [1.165, 1.54) is 17.8 Å². The summed E-state index contributed by atoms with van der Waals surface area (Å²) in [6, 6.07) is 1.49. The van der Waals surface area contributed by atoms with Crippen LogP contribution >= 0.6 is 11.8 Å². The van der Waals surface area contributed by atoms with Gasteiger partial charge in [0, 0.05) is 31.5 Å². The van der Waals surface area contributed by atoms with Crippen LogP contribution in [0.5, 0.6) is 0 Å². The van der Waals surface area contributed by atoms with Crippen molar-refractivity contribution in [3.63, 3.8) is 0 Å². The lowest BCUT2D eigenvalue weighted by atomic mass is 10.3. The highest BCUT2D eigenvalue weighted by atomic mass is 32.2. The third kappa shape index (κ3) is 2.92. The Kier molecular flexibility index (Phi) is 4.02. The molecule has 0 spiro atoms. The number of carbonyl (C=O) groups is 1. The van der Waals surface area contributed by atoms with Gasteiger partial charge in [0.25, 0.3) is 5.56 Å². The van der Waals surface area contributed by atoms with E-state index >= 15 is 0 Å². The second kappa shape index (κ2) is 5.96. The van der Waals surface area contributed by atoms with Crippen LogP contribution in [0.3, 0.4) is 0 Å². The fourth-order valence-corrected chi connectivity index (χ4v) is 3.47. The molecule has 116 valence electrons. The molecule has 8 heteroatoms. The topological polar surface area (TPSA) is 83.9 Å². The van der Waals surface area contributed by atoms with E-state index in [0.29, 0.717) is 18.1 Å². The minimum atomic E-state index is -0.226. The van der Waals surface area contributed by atoms with Gasteiger partial charge in [-0.2, -0.15) is 5.10 Å². The predicted molar refractivity (Wildman–Crippen MR) is 84.1 cm³/mol. The first-order valence-electron chi connectivity index (χ1n) is 7.13. The molecular formula is C14H17N5O2S. The molecule has 0 radical (unpaired) electrons. The molecule has 1 aliphatic heterocycles. The molecule has 0 unspecified atom stereocenters. The van der Waals surface area contributed by atoms with Crippen LogP contribution in [0.25, 0.3) is 0 Å². The summed E-state index contributed by atoms with van der Waals surface area (Å²) in [5, 5.41) is 4.38. The normalized spacial score (nSPS) is 18.2. The third-order valence-electron chi connectivity index (χ3n) is 3.55. The highest BCUT2D eigenvalue weighted by Gasteiger charge is 2.34. The van der Waals surface area contributed by atoms with Crippen LogP contribution in [0.1, 0.15) is 19.0 Å². The van der Waals surface area contributed by atoms with Crippen LogP contribution in [-0.4, -0.2) is 37.5 Å². The van der Waals surface area contributed by atoms with E-state index in [0.717, 1.165) is 17.8 Å². The zero-order chi connectivity index (χ0) is 15.7. The van der Waals surface area contributed by atoms with E-state index in [1.807, 2.05) is 20.2 Å². The molecule has 1 saturated heterocycles. The lowest BCUT2D eigenvalue weighted by Crippen LogP contribution is -2.28. The number of nitrogens with zero attached hydrogens (tertiary/aromatic N) is 4. The lowest BCUT2D eigenvalue weighted by Gasteiger charge is -2.13. The van der Waals surface area contributed by atoms with Crippen molar-refractivity contribution in [2.45, 2.75) is 30.2 Å². The van der Waals surface area contributed by atoms with E-state index in [4.69, 9.17) is 0 Å². The Bertz CT molecular complexity index is 754. The Hall–Kier alpha value is -2.09. The van der Waals surface area contributed by atoms with Gasteiger partial charge < -0.3 is 9.88 Å². The molecule has 0 bridgehead atoms. The highest BCUT2D eigenvalue weighted by Crippen LogP contribution is 2.31. The van der Waals surface area contributed by atoms with Crippen LogP contribution in [0.2, 0.25) is 0 Å². The van der Waals surface area contributed by atoms with E-state index in [1.54, 1.807) is 15.8 Å². The zero-order valence-electron chi connectivity index (χ0n) is 12.4. The van der Waals surface area contributed by atoms with Crippen molar-refractivity contribution in [1.82, 2.24) is 19.7 Å². The van der Waals surface area contributed by atoms with E-state index in [-0.39, 0.29) is 16.7 Å². The number of H-pyrrole nitrogens is 1. The summed E-state index contributed by atoms with van der Waals surface area (Å²) in [7, 11) is 1.82. The van der Waals surface area contributed by atoms with Crippen molar-refractivity contribution in [1.29, 1.82) is 0 Å². The molecule has 7 nitrogen and oxygen atoms in total. The summed E-state index contributed by atoms with van der Waals surface area (Å²) in [6.07, 6.45) is 4.92. The van der Waals surface area contributed by atoms with Crippen LogP contribution in [0, 0.1) is 0 Å². The molecule has 0 aromatic carbocycles. The van der Waals surface area contributed by atoms with E-state index in [2.05, 4.69) is 15.1 Å². The van der Waals surface area contributed by atoms with Crippen molar-refractivity contribution in [3.8, 4) is 0 Å². The van der Waals surface area contributed by atoms with Crippen LogP contribution in [0.4, 0.5) is 5.69 Å². The van der Waals surface area contributed by atoms with Crippen molar-refractivity contribution in [3.05, 3.63) is 34.5 Å². The molecule has 3 rings (SSSR count). The maximum atomic E-state index is 12.5. The number of hydrogen-bond donors (Lipinski definition) is 1. The number of aromatic amines is 1. The first-order valence-corrected chi connectivity index (χ1v) is 8.01. The quantitative estimate of drug-likeness (QED) is 0.849. The average Bonchev–Trinajstić information content (AvgIpc) is 3.05. The number of carbonyl (C=O) groups excluding carboxylic acids is 1. The van der Waals surface area contributed by atoms with Gasteiger partial charge >= 0.3 is 0 Å². The minimum absolute atomic E-state index is 0.0301. The highest BCUT2D eigenvalue weighted by molar-refractivity contribution is 8.00. The Morgan fingerprint density at radius 2 is 2.27 bits per heavy atom. The first kappa shape index (κ1) is 14.8. The molecule has 1 amide bonds. The van der Waals surface area contributed by atoms with Crippen molar-refractivity contribution in [2.75, 3.05) is 11.4 Å². The van der Waals surface area contributed by atoms with Gasteiger partial charge in [-0.3, -0.25) is 14.3 Å². The molecule has 3 heterocycles. The number of amides is 1. The lowest BCUT2D eigenvalue weighted by molar-refractivity contribution is -0.116. The van der Waals surface area contributed by atoms with Crippen LogP contribution < -0.4 is 10.5 Å². The largest absolute Gasteiger partial charge is 0.308 e. The molecule has 0 aliphatic carbocycles. The standard InChI is InChI=1S/C14H17N5O2S/c1-3-9-6-12(20)17-14(16-9)22-11-4-5-19(13(11)21)10-7-15-18(2)8-10/h6-8,11H,3-5H2,1-2H3,(H,16,17,20)/t11-/m0/s1. The number of aryl methyl sites for hydroxylation is 2. The second-order valence-electron chi connectivity index (χ2n) is 5.15. The molecule has 1 aliphatic rings. The summed E-state index contributed by atoms with van der Waals surface area (Å²) in [6.45, 7) is 2.60. The average molecular weight is 319 g/mol. The van der Waals surface area contributed by atoms with Gasteiger partial charge in [-0.15, -0.1) is 0 Å². The predicted octanol–water partition coefficient (Wildman–Crippen LogP) is 0.963. The van der Waals surface area contributed by atoms with Gasteiger partial charge in [-0.05, 0) is 12.8 Å². The summed E-state index contributed by atoms with van der Waals surface area (Å²) < 4.78 is 1.67. The van der Waals surface area contributed by atoms with Gasteiger partial charge in [0.1, 0.15) is 0 Å². The molecular weight excluding hydrogens is 302 g/mol. The first-order chi connectivity index (χ1) is 10.6. The van der Waals surface area contributed by atoms with Crippen molar-refractivity contribution >= 4 is 23.4 Å². The van der Waals surface area contributed by atoms with Crippen molar-refractivity contribution < 1.29 is 4.79 Å². The van der Waals surface area contributed by atoms with Gasteiger partial charge in [0.05, 0.1) is 17.1 Å². The smallest absolute Gasteiger partial charge is 0.251 e. The molecule has 2 aromatic heterocycles. The van der Waals surface area contributed by atoms with Gasteiger partial charge in [-0.1, -0.05) is 18.7 Å². The number of nitrogens with one attached hydrogen (secondary N) is 1. The Morgan fingerprint density at radius 3 is 2.95 bits per heavy atom. The molecule has 1 N–H and O–H groups in total. The SMILES string of the molecule is CCc1cc(=O)[nH]c(S[C@H]2CCN(c3cnn(C)c3)C2=O)n1. The zero-order valence-corrected chi connectivity index (χ0v) is 13.3. The molecule has 1 atom stereocenters. The number of aromatic nitrogens is 4. The van der Waals surface area contributed by atoms with E-state index < -0.39 is 0 Å². The summed E-state index contributed by atoms with van der Waals surface area (Å²) in [5.41, 5.74) is 1.36. The Morgan fingerprint density at radius 1 is 1.45 bits per heavy atom. The number of anilines is 1. The van der Waals surface area contributed by atoms with Gasteiger partial charge in [0.15, 0.2) is 5.16 Å². The maximum Gasteiger partial charge on any atom is 0.251 e. The van der Waals surface area contributed by atoms with E-state index in [9.17, 15) is 9.59 Å². The minimum Gasteiger partial charge on any atom is -0.308 e. The Balaban J connectivity index is 1.76. The molecule has 2 aromatic rings. The molecule has 22 heavy (non-hydrogen) atoms. The summed E-state index contributed by atoms with van der Waals surface area (Å²) >= 11 is 1.32. The fraction of sp³-hybridized carbons (Fsp3) is 0.429. The maximum absolute atomic E-state index is 12.5. The summed E-state index contributed by atoms with van der Waals surface area (Å²) in [5.74, 6) is 0.0301. The second-order valence-corrected chi connectivity index (χ2v) is 6.34. The number of thioether (sulfide) groups is 1.